The third kappa shape index (κ3) is 4.08. The van der Waals surface area contributed by atoms with E-state index >= 15 is 0 Å². The van der Waals surface area contributed by atoms with Gasteiger partial charge in [0.05, 0.1) is 6.10 Å². The molecule has 1 aliphatic rings. The molecule has 0 aromatic rings. The molecule has 0 aromatic carbocycles. The molecular formula is C10H20N4O. The van der Waals surface area contributed by atoms with Crippen molar-refractivity contribution < 1.29 is 5.11 Å². The van der Waals surface area contributed by atoms with Crippen LogP contribution in [0, 0.1) is 5.92 Å². The molecule has 0 saturated carbocycles. The summed E-state index contributed by atoms with van der Waals surface area (Å²) in [7, 11) is 0. The van der Waals surface area contributed by atoms with Crippen molar-refractivity contribution in [2.75, 3.05) is 26.2 Å². The zero-order valence-corrected chi connectivity index (χ0v) is 9.34. The first-order valence-corrected chi connectivity index (χ1v) is 5.69. The fourth-order valence-electron chi connectivity index (χ4n) is 2.18. The first-order chi connectivity index (χ1) is 7.27. The van der Waals surface area contributed by atoms with Gasteiger partial charge in [-0.15, -0.1) is 0 Å². The number of likely N-dealkylation sites (tertiary alicyclic amines) is 1. The lowest BCUT2D eigenvalue weighted by atomic mass is 9.91. The number of azide groups is 1. The topological polar surface area (TPSA) is 72.2 Å². The molecule has 1 heterocycles. The number of hydrogen-bond donors (Lipinski definition) is 1. The molecule has 0 bridgehead atoms. The Bertz CT molecular complexity index is 227. The van der Waals surface area contributed by atoms with Crippen molar-refractivity contribution >= 4 is 0 Å². The summed E-state index contributed by atoms with van der Waals surface area (Å²) in [5.41, 5.74) is 8.17. The number of piperidine rings is 1. The number of aliphatic hydroxyl groups excluding tert-OH is 1. The van der Waals surface area contributed by atoms with Gasteiger partial charge in [0.2, 0.25) is 0 Å². The molecular weight excluding hydrogens is 192 g/mol. The molecule has 0 spiro atoms. The SMILES string of the molecule is CCC[C@H]1CN(CCN=[N+]=[N-])CC[C@@H]1O. The minimum atomic E-state index is -0.138. The predicted octanol–water partition coefficient (Wildman–Crippen LogP) is 1.78. The van der Waals surface area contributed by atoms with E-state index in [4.69, 9.17) is 5.53 Å². The summed E-state index contributed by atoms with van der Waals surface area (Å²) in [4.78, 5) is 5.02. The number of hydrogen-bond acceptors (Lipinski definition) is 3. The Morgan fingerprint density at radius 2 is 2.40 bits per heavy atom. The van der Waals surface area contributed by atoms with Gasteiger partial charge in [0.1, 0.15) is 0 Å². The second-order valence-corrected chi connectivity index (χ2v) is 4.16. The van der Waals surface area contributed by atoms with Gasteiger partial charge < -0.3 is 10.0 Å². The molecule has 86 valence electrons. The van der Waals surface area contributed by atoms with E-state index in [-0.39, 0.29) is 6.10 Å². The molecule has 5 nitrogen and oxygen atoms in total. The summed E-state index contributed by atoms with van der Waals surface area (Å²) in [6.07, 6.45) is 2.91. The zero-order valence-electron chi connectivity index (χ0n) is 9.34. The van der Waals surface area contributed by atoms with E-state index in [0.29, 0.717) is 12.5 Å². The van der Waals surface area contributed by atoms with Gasteiger partial charge in [-0.1, -0.05) is 18.5 Å². The van der Waals surface area contributed by atoms with Crippen molar-refractivity contribution in [3.63, 3.8) is 0 Å². The van der Waals surface area contributed by atoms with Crippen molar-refractivity contribution in [3.8, 4) is 0 Å². The Morgan fingerprint density at radius 3 is 3.07 bits per heavy atom. The molecule has 5 heteroatoms. The lowest BCUT2D eigenvalue weighted by Gasteiger charge is -2.35. The Morgan fingerprint density at radius 1 is 1.60 bits per heavy atom. The predicted molar refractivity (Wildman–Crippen MR) is 59.5 cm³/mol. The summed E-state index contributed by atoms with van der Waals surface area (Å²) in [6, 6.07) is 0. The maximum Gasteiger partial charge on any atom is 0.0592 e. The molecule has 1 saturated heterocycles. The first kappa shape index (κ1) is 12.3. The molecule has 0 radical (unpaired) electrons. The summed E-state index contributed by atoms with van der Waals surface area (Å²) in [6.45, 7) is 5.35. The second-order valence-electron chi connectivity index (χ2n) is 4.16. The average Bonchev–Trinajstić information content (AvgIpc) is 2.23. The van der Waals surface area contributed by atoms with Crippen LogP contribution in [0.2, 0.25) is 0 Å². The molecule has 1 aliphatic heterocycles. The Kier molecular flexibility index (Phi) is 5.47. The third-order valence-corrected chi connectivity index (χ3v) is 3.02. The van der Waals surface area contributed by atoms with Crippen molar-refractivity contribution in [1.29, 1.82) is 0 Å². The number of rotatable bonds is 5. The number of nitrogens with zero attached hydrogens (tertiary/aromatic N) is 4. The summed E-state index contributed by atoms with van der Waals surface area (Å²) >= 11 is 0. The highest BCUT2D eigenvalue weighted by Gasteiger charge is 2.26. The molecule has 0 amide bonds. The van der Waals surface area contributed by atoms with Gasteiger partial charge in [-0.3, -0.25) is 0 Å². The van der Waals surface area contributed by atoms with E-state index in [1.807, 2.05) is 0 Å². The lowest BCUT2D eigenvalue weighted by Crippen LogP contribution is -2.43. The molecule has 15 heavy (non-hydrogen) atoms. The molecule has 1 fully saturated rings. The largest absolute Gasteiger partial charge is 0.393 e. The molecule has 1 N–H and O–H groups in total. The summed E-state index contributed by atoms with van der Waals surface area (Å²) < 4.78 is 0. The van der Waals surface area contributed by atoms with Crippen LogP contribution in [0.4, 0.5) is 0 Å². The van der Waals surface area contributed by atoms with Gasteiger partial charge >= 0.3 is 0 Å². The highest BCUT2D eigenvalue weighted by molar-refractivity contribution is 4.79. The maximum atomic E-state index is 9.78. The highest BCUT2D eigenvalue weighted by atomic mass is 16.3. The Balaban J connectivity index is 2.32. The van der Waals surface area contributed by atoms with E-state index in [0.717, 1.165) is 38.9 Å². The van der Waals surface area contributed by atoms with E-state index in [9.17, 15) is 5.11 Å². The number of aliphatic hydroxyl groups is 1. The highest BCUT2D eigenvalue weighted by Crippen LogP contribution is 2.21. The minimum Gasteiger partial charge on any atom is -0.393 e. The van der Waals surface area contributed by atoms with Gasteiger partial charge in [0.15, 0.2) is 0 Å². The average molecular weight is 212 g/mol. The molecule has 2 atom stereocenters. The first-order valence-electron chi connectivity index (χ1n) is 5.69. The zero-order chi connectivity index (χ0) is 11.1. The van der Waals surface area contributed by atoms with Crippen molar-refractivity contribution in [2.45, 2.75) is 32.3 Å². The molecule has 0 unspecified atom stereocenters. The van der Waals surface area contributed by atoms with Crippen molar-refractivity contribution in [3.05, 3.63) is 10.4 Å². The fraction of sp³-hybridized carbons (Fsp3) is 1.00. The van der Waals surface area contributed by atoms with Crippen LogP contribution in [0.1, 0.15) is 26.2 Å². The minimum absolute atomic E-state index is 0.138. The van der Waals surface area contributed by atoms with Crippen LogP contribution in [0.5, 0.6) is 0 Å². The molecule has 0 aliphatic carbocycles. The van der Waals surface area contributed by atoms with E-state index < -0.39 is 0 Å². The summed E-state index contributed by atoms with van der Waals surface area (Å²) in [5.74, 6) is 0.398. The lowest BCUT2D eigenvalue weighted by molar-refractivity contribution is 0.0239. The van der Waals surface area contributed by atoms with Crippen LogP contribution < -0.4 is 0 Å². The second kappa shape index (κ2) is 6.67. The van der Waals surface area contributed by atoms with Crippen LogP contribution in [0.25, 0.3) is 10.4 Å². The van der Waals surface area contributed by atoms with Crippen molar-refractivity contribution in [1.82, 2.24) is 4.90 Å². The smallest absolute Gasteiger partial charge is 0.0592 e. The quantitative estimate of drug-likeness (QED) is 0.428. The van der Waals surface area contributed by atoms with Crippen LogP contribution in [0.3, 0.4) is 0 Å². The van der Waals surface area contributed by atoms with E-state index in [1.54, 1.807) is 0 Å². The van der Waals surface area contributed by atoms with Gasteiger partial charge in [-0.25, -0.2) is 0 Å². The van der Waals surface area contributed by atoms with Crippen LogP contribution in [-0.4, -0.2) is 42.3 Å². The van der Waals surface area contributed by atoms with E-state index in [2.05, 4.69) is 21.8 Å². The standard InChI is InChI=1S/C10H20N4O/c1-2-3-9-8-14(6-4-10(9)15)7-5-12-13-11/h9-10,15H,2-8H2,1H3/t9-,10-/m0/s1. The Hall–Kier alpha value is -0.770. The molecule has 0 aromatic heterocycles. The fourth-order valence-corrected chi connectivity index (χ4v) is 2.18. The van der Waals surface area contributed by atoms with E-state index in [1.165, 1.54) is 0 Å². The van der Waals surface area contributed by atoms with Gasteiger partial charge in [0.25, 0.3) is 0 Å². The van der Waals surface area contributed by atoms with Crippen LogP contribution in [-0.2, 0) is 0 Å². The van der Waals surface area contributed by atoms with Crippen LogP contribution >= 0.6 is 0 Å². The molecule has 1 rings (SSSR count). The third-order valence-electron chi connectivity index (χ3n) is 3.02. The van der Waals surface area contributed by atoms with Gasteiger partial charge in [0, 0.05) is 31.1 Å². The monoisotopic (exact) mass is 212 g/mol. The van der Waals surface area contributed by atoms with Gasteiger partial charge in [-0.05, 0) is 24.3 Å². The maximum absolute atomic E-state index is 9.78. The normalized spacial score (nSPS) is 27.3. The Labute approximate surface area is 90.7 Å². The van der Waals surface area contributed by atoms with Gasteiger partial charge in [-0.2, -0.15) is 0 Å². The van der Waals surface area contributed by atoms with Crippen molar-refractivity contribution in [2.24, 2.45) is 11.0 Å². The van der Waals surface area contributed by atoms with Crippen LogP contribution in [0.15, 0.2) is 5.11 Å². The summed E-state index contributed by atoms with van der Waals surface area (Å²) in [5, 5.41) is 13.3.